The number of allylic oxidation sites excluding steroid dienone is 2. The van der Waals surface area contributed by atoms with Crippen molar-refractivity contribution < 1.29 is 4.79 Å². The fourth-order valence-corrected chi connectivity index (χ4v) is 1.80. The average molecular weight is 180 g/mol. The highest BCUT2D eigenvalue weighted by Gasteiger charge is 1.98. The molecule has 64 valence electrons. The van der Waals surface area contributed by atoms with Crippen molar-refractivity contribution >= 4 is 22.7 Å². The molecule has 0 saturated heterocycles. The Morgan fingerprint density at radius 1 is 1.50 bits per heavy atom. The van der Waals surface area contributed by atoms with Crippen LogP contribution in [0, 0.1) is 6.92 Å². The minimum atomic E-state index is 0.108. The predicted molar refractivity (Wildman–Crippen MR) is 53.4 cm³/mol. The lowest BCUT2D eigenvalue weighted by molar-refractivity contribution is -0.112. The van der Waals surface area contributed by atoms with Crippen molar-refractivity contribution in [2.24, 2.45) is 0 Å². The standard InChI is InChI=1S/C10H12OS/c1-7(4-8(2)11)10-5-9(3)12-6-10/h4-6H,1-3H3/b7-4-. The first kappa shape index (κ1) is 9.20. The summed E-state index contributed by atoms with van der Waals surface area (Å²) in [6.45, 7) is 5.60. The maximum absolute atomic E-state index is 10.8. The Kier molecular flexibility index (Phi) is 2.82. The molecule has 2 heteroatoms. The second-order valence-corrected chi connectivity index (χ2v) is 4.00. The fourth-order valence-electron chi connectivity index (χ4n) is 1.04. The number of ketones is 1. The molecule has 0 aliphatic rings. The number of carbonyl (C=O) groups is 1. The maximum Gasteiger partial charge on any atom is 0.152 e. The molecule has 0 bridgehead atoms. The minimum absolute atomic E-state index is 0.108. The van der Waals surface area contributed by atoms with Crippen LogP contribution in [0.4, 0.5) is 0 Å². The molecule has 0 amide bonds. The molecule has 0 saturated carbocycles. The Balaban J connectivity index is 2.91. The molecular formula is C10H12OS. The van der Waals surface area contributed by atoms with Crippen molar-refractivity contribution in [3.05, 3.63) is 28.0 Å². The molecule has 0 unspecified atom stereocenters. The van der Waals surface area contributed by atoms with E-state index in [1.54, 1.807) is 24.3 Å². The van der Waals surface area contributed by atoms with Gasteiger partial charge in [-0.15, -0.1) is 11.3 Å². The Hall–Kier alpha value is -0.890. The molecule has 12 heavy (non-hydrogen) atoms. The van der Waals surface area contributed by atoms with Gasteiger partial charge < -0.3 is 0 Å². The van der Waals surface area contributed by atoms with E-state index in [1.807, 2.05) is 6.92 Å². The monoisotopic (exact) mass is 180 g/mol. The van der Waals surface area contributed by atoms with E-state index in [9.17, 15) is 4.79 Å². The largest absolute Gasteiger partial charge is 0.295 e. The summed E-state index contributed by atoms with van der Waals surface area (Å²) in [6.07, 6.45) is 1.67. The third-order valence-electron chi connectivity index (χ3n) is 1.61. The Morgan fingerprint density at radius 2 is 2.17 bits per heavy atom. The second-order valence-electron chi connectivity index (χ2n) is 2.88. The van der Waals surface area contributed by atoms with Crippen molar-refractivity contribution in [2.45, 2.75) is 20.8 Å². The van der Waals surface area contributed by atoms with E-state index in [2.05, 4.69) is 18.4 Å². The zero-order valence-electron chi connectivity index (χ0n) is 7.55. The summed E-state index contributed by atoms with van der Waals surface area (Å²) in [5, 5.41) is 2.07. The summed E-state index contributed by atoms with van der Waals surface area (Å²) in [5.74, 6) is 0.108. The number of hydrogen-bond acceptors (Lipinski definition) is 2. The van der Waals surface area contributed by atoms with Gasteiger partial charge in [-0.3, -0.25) is 4.79 Å². The molecule has 1 aromatic heterocycles. The molecule has 0 spiro atoms. The molecule has 1 rings (SSSR count). The van der Waals surface area contributed by atoms with E-state index in [0.717, 1.165) is 11.1 Å². The molecular weight excluding hydrogens is 168 g/mol. The van der Waals surface area contributed by atoms with E-state index in [-0.39, 0.29) is 5.78 Å². The fraction of sp³-hybridized carbons (Fsp3) is 0.300. The maximum atomic E-state index is 10.8. The van der Waals surface area contributed by atoms with Crippen LogP contribution >= 0.6 is 11.3 Å². The van der Waals surface area contributed by atoms with Gasteiger partial charge in [-0.2, -0.15) is 0 Å². The average Bonchev–Trinajstić information content (AvgIpc) is 2.34. The summed E-state index contributed by atoms with van der Waals surface area (Å²) >= 11 is 1.71. The summed E-state index contributed by atoms with van der Waals surface area (Å²) in [6, 6.07) is 2.10. The number of thiophene rings is 1. The van der Waals surface area contributed by atoms with Crippen LogP contribution in [0.2, 0.25) is 0 Å². The quantitative estimate of drug-likeness (QED) is 0.639. The highest BCUT2D eigenvalue weighted by atomic mass is 32.1. The van der Waals surface area contributed by atoms with Gasteiger partial charge in [-0.25, -0.2) is 0 Å². The van der Waals surface area contributed by atoms with Crippen molar-refractivity contribution in [1.82, 2.24) is 0 Å². The van der Waals surface area contributed by atoms with Gasteiger partial charge in [0, 0.05) is 4.88 Å². The van der Waals surface area contributed by atoms with E-state index in [1.165, 1.54) is 4.88 Å². The van der Waals surface area contributed by atoms with Gasteiger partial charge in [-0.05, 0) is 49.4 Å². The third kappa shape index (κ3) is 2.31. The molecule has 1 nitrogen and oxygen atoms in total. The lowest BCUT2D eigenvalue weighted by Gasteiger charge is -1.93. The first-order chi connectivity index (χ1) is 5.59. The molecule has 0 N–H and O–H groups in total. The molecule has 0 atom stereocenters. The highest BCUT2D eigenvalue weighted by molar-refractivity contribution is 7.10. The van der Waals surface area contributed by atoms with Gasteiger partial charge in [0.2, 0.25) is 0 Å². The van der Waals surface area contributed by atoms with Crippen LogP contribution in [0.1, 0.15) is 24.3 Å². The van der Waals surface area contributed by atoms with Crippen LogP contribution in [-0.2, 0) is 4.79 Å². The number of carbonyl (C=O) groups excluding carboxylic acids is 1. The summed E-state index contributed by atoms with van der Waals surface area (Å²) < 4.78 is 0. The predicted octanol–water partition coefficient (Wildman–Crippen LogP) is 3.05. The van der Waals surface area contributed by atoms with Crippen molar-refractivity contribution in [1.29, 1.82) is 0 Å². The summed E-state index contributed by atoms with van der Waals surface area (Å²) in [4.78, 5) is 12.0. The molecule has 0 radical (unpaired) electrons. The summed E-state index contributed by atoms with van der Waals surface area (Å²) in [7, 11) is 0. The Labute approximate surface area is 76.7 Å². The van der Waals surface area contributed by atoms with Gasteiger partial charge in [0.1, 0.15) is 0 Å². The van der Waals surface area contributed by atoms with Crippen molar-refractivity contribution in [2.75, 3.05) is 0 Å². The molecule has 0 fully saturated rings. The zero-order valence-corrected chi connectivity index (χ0v) is 8.37. The highest BCUT2D eigenvalue weighted by Crippen LogP contribution is 2.20. The van der Waals surface area contributed by atoms with Gasteiger partial charge in [0.25, 0.3) is 0 Å². The van der Waals surface area contributed by atoms with E-state index in [0.29, 0.717) is 0 Å². The second kappa shape index (κ2) is 3.68. The summed E-state index contributed by atoms with van der Waals surface area (Å²) in [5.41, 5.74) is 2.21. The topological polar surface area (TPSA) is 17.1 Å². The van der Waals surface area contributed by atoms with E-state index in [4.69, 9.17) is 0 Å². The zero-order chi connectivity index (χ0) is 9.14. The molecule has 0 aliphatic heterocycles. The molecule has 0 aliphatic carbocycles. The smallest absolute Gasteiger partial charge is 0.152 e. The van der Waals surface area contributed by atoms with Crippen LogP contribution in [0.15, 0.2) is 17.5 Å². The van der Waals surface area contributed by atoms with Gasteiger partial charge in [0.05, 0.1) is 0 Å². The SMILES string of the molecule is CC(=O)/C=C(/C)c1csc(C)c1. The Bertz CT molecular complexity index is 320. The first-order valence-corrected chi connectivity index (χ1v) is 4.72. The van der Waals surface area contributed by atoms with Gasteiger partial charge in [-0.1, -0.05) is 0 Å². The van der Waals surface area contributed by atoms with Crippen LogP contribution in [0.25, 0.3) is 5.57 Å². The van der Waals surface area contributed by atoms with Crippen LogP contribution in [0.5, 0.6) is 0 Å². The van der Waals surface area contributed by atoms with Crippen LogP contribution in [0.3, 0.4) is 0 Å². The van der Waals surface area contributed by atoms with Gasteiger partial charge >= 0.3 is 0 Å². The Morgan fingerprint density at radius 3 is 2.58 bits per heavy atom. The number of hydrogen-bond donors (Lipinski definition) is 0. The third-order valence-corrected chi connectivity index (χ3v) is 2.47. The van der Waals surface area contributed by atoms with Crippen LogP contribution in [-0.4, -0.2) is 5.78 Å². The molecule has 0 aromatic carbocycles. The normalized spacial score (nSPS) is 11.8. The van der Waals surface area contributed by atoms with Crippen molar-refractivity contribution in [3.63, 3.8) is 0 Å². The number of rotatable bonds is 2. The van der Waals surface area contributed by atoms with Crippen molar-refractivity contribution in [3.8, 4) is 0 Å². The van der Waals surface area contributed by atoms with E-state index >= 15 is 0 Å². The number of aryl methyl sites for hydroxylation is 1. The van der Waals surface area contributed by atoms with Crippen LogP contribution < -0.4 is 0 Å². The first-order valence-electron chi connectivity index (χ1n) is 3.84. The van der Waals surface area contributed by atoms with Gasteiger partial charge in [0.15, 0.2) is 5.78 Å². The minimum Gasteiger partial charge on any atom is -0.295 e. The van der Waals surface area contributed by atoms with E-state index < -0.39 is 0 Å². The lowest BCUT2D eigenvalue weighted by Crippen LogP contribution is -1.83. The molecule has 1 aromatic rings. The lowest BCUT2D eigenvalue weighted by atomic mass is 10.1. The molecule has 1 heterocycles.